The van der Waals surface area contributed by atoms with Crippen molar-refractivity contribution in [2.24, 2.45) is 5.73 Å². The number of phosphoric acid groups is 1. The second-order valence-corrected chi connectivity index (χ2v) is 24.1. The van der Waals surface area contributed by atoms with Gasteiger partial charge < -0.3 is 20.1 Å². The molecule has 0 saturated carbocycles. The molecule has 0 aliphatic carbocycles. The van der Waals surface area contributed by atoms with Crippen molar-refractivity contribution in [3.05, 3.63) is 158 Å². The molecule has 0 bridgehead atoms. The predicted octanol–water partition coefficient (Wildman–Crippen LogP) is 23.2. The Balaban J connectivity index is 4.01. The number of phosphoric ester groups is 1. The maximum atomic E-state index is 12.7. The summed E-state index contributed by atoms with van der Waals surface area (Å²) in [6, 6.07) is 0. The highest BCUT2D eigenvalue weighted by molar-refractivity contribution is 7.47. The fourth-order valence-electron chi connectivity index (χ4n) is 9.26. The zero-order valence-corrected chi connectivity index (χ0v) is 56.3. The number of hydrogen-bond donors (Lipinski definition) is 2. The zero-order valence-electron chi connectivity index (χ0n) is 55.4. The molecule has 0 aliphatic heterocycles. The number of carbonyl (C=O) groups excluding carboxylic acids is 2. The van der Waals surface area contributed by atoms with E-state index in [9.17, 15) is 19.0 Å². The molecule has 0 radical (unpaired) electrons. The van der Waals surface area contributed by atoms with Crippen LogP contribution < -0.4 is 5.73 Å². The van der Waals surface area contributed by atoms with Gasteiger partial charge in [0.25, 0.3) is 0 Å². The van der Waals surface area contributed by atoms with Crippen LogP contribution in [0.25, 0.3) is 0 Å². The van der Waals surface area contributed by atoms with Crippen molar-refractivity contribution in [3.8, 4) is 0 Å². The fourth-order valence-corrected chi connectivity index (χ4v) is 10.0. The highest BCUT2D eigenvalue weighted by Crippen LogP contribution is 2.43. The molecule has 0 aromatic carbocycles. The van der Waals surface area contributed by atoms with Gasteiger partial charge in [-0.05, 0) is 128 Å². The topological polar surface area (TPSA) is 134 Å². The minimum atomic E-state index is -4.42. The van der Waals surface area contributed by atoms with E-state index in [2.05, 4.69) is 172 Å². The van der Waals surface area contributed by atoms with E-state index in [0.717, 1.165) is 109 Å². The average molecular weight is 1230 g/mol. The summed E-state index contributed by atoms with van der Waals surface area (Å²) in [6.07, 6.45) is 103. The molecule has 0 aromatic heterocycles. The highest BCUT2D eigenvalue weighted by atomic mass is 31.2. The zero-order chi connectivity index (χ0) is 63.0. The van der Waals surface area contributed by atoms with Gasteiger partial charge in [-0.25, -0.2) is 4.57 Å². The van der Waals surface area contributed by atoms with Crippen molar-refractivity contribution in [3.63, 3.8) is 0 Å². The van der Waals surface area contributed by atoms with Crippen molar-refractivity contribution < 1.29 is 37.6 Å². The summed E-state index contributed by atoms with van der Waals surface area (Å²) in [5.74, 6) is -0.883. The van der Waals surface area contributed by atoms with Crippen molar-refractivity contribution in [1.82, 2.24) is 0 Å². The van der Waals surface area contributed by atoms with Crippen LogP contribution in [0.2, 0.25) is 0 Å². The number of ether oxygens (including phenoxy) is 2. The number of hydrogen-bond acceptors (Lipinski definition) is 8. The summed E-state index contributed by atoms with van der Waals surface area (Å²) < 4.78 is 33.1. The Bertz CT molecular complexity index is 1980. The molecule has 494 valence electrons. The lowest BCUT2D eigenvalue weighted by Gasteiger charge is -2.19. The molecule has 87 heavy (non-hydrogen) atoms. The van der Waals surface area contributed by atoms with Gasteiger partial charge in [0.1, 0.15) is 6.61 Å². The molecule has 0 aromatic rings. The molecule has 2 unspecified atom stereocenters. The van der Waals surface area contributed by atoms with Crippen LogP contribution in [0.1, 0.15) is 284 Å². The Labute approximate surface area is 534 Å². The molecule has 3 N–H and O–H groups in total. The van der Waals surface area contributed by atoms with E-state index >= 15 is 0 Å². The second-order valence-electron chi connectivity index (χ2n) is 22.7. The summed E-state index contributed by atoms with van der Waals surface area (Å²) in [5, 5.41) is 0. The molecule has 0 aliphatic rings. The van der Waals surface area contributed by atoms with Crippen molar-refractivity contribution in [1.29, 1.82) is 0 Å². The minimum absolute atomic E-state index is 0.0386. The lowest BCUT2D eigenvalue weighted by atomic mass is 10.0. The molecule has 0 heterocycles. The van der Waals surface area contributed by atoms with Gasteiger partial charge in [0.05, 0.1) is 13.2 Å². The summed E-state index contributed by atoms with van der Waals surface area (Å²) >= 11 is 0. The Morgan fingerprint density at radius 2 is 0.632 bits per heavy atom. The largest absolute Gasteiger partial charge is 0.472 e. The first-order valence-electron chi connectivity index (χ1n) is 35.0. The molecular formula is C77H128NO8P. The Kier molecular flexibility index (Phi) is 67.2. The van der Waals surface area contributed by atoms with Crippen LogP contribution in [0.3, 0.4) is 0 Å². The summed E-state index contributed by atoms with van der Waals surface area (Å²) in [7, 11) is -4.42. The predicted molar refractivity (Wildman–Crippen MR) is 376 cm³/mol. The van der Waals surface area contributed by atoms with Gasteiger partial charge in [-0.3, -0.25) is 18.6 Å². The molecule has 10 heteroatoms. The first-order valence-corrected chi connectivity index (χ1v) is 36.5. The standard InChI is InChI=1S/C77H128NO8P/c1-3-5-7-9-11-13-15-17-19-21-23-25-27-29-31-33-35-37-39-41-43-45-47-49-51-53-55-57-59-61-63-65-67-69-76(79)83-73-75(74-85-87(81,82)84-72-71-78)86-77(80)70-68-66-64-62-60-58-56-54-52-50-48-46-44-42-40-38-36-34-32-30-28-26-24-22-20-18-16-14-12-10-8-6-4-2/h6,8,12,14-15,17-18,20-21,23-24,26-27,29-30,32,36,38,42,44,48,50,54,56,60,62,75H,3-5,7,9-11,13,16,19,22,25,28,31,33-35,37,39-41,43,45-47,49,51-53,55,57-59,61,63-74,78H2,1-2H3,(H,81,82)/b8-6-,14-12-,17-15-,20-18-,23-21-,26-24-,29-27-,32-30-,38-36-,44-42-,50-48-,56-54-,62-60-. The maximum absolute atomic E-state index is 12.7. The van der Waals surface area contributed by atoms with E-state index in [-0.39, 0.29) is 32.6 Å². The Morgan fingerprint density at radius 3 is 0.966 bits per heavy atom. The third-order valence-corrected chi connectivity index (χ3v) is 15.4. The van der Waals surface area contributed by atoms with Crippen molar-refractivity contribution in [2.45, 2.75) is 290 Å². The molecule has 0 saturated heterocycles. The number of nitrogens with two attached hydrogens (primary N) is 1. The van der Waals surface area contributed by atoms with Crippen molar-refractivity contribution in [2.75, 3.05) is 26.4 Å². The summed E-state index contributed by atoms with van der Waals surface area (Å²) in [5.41, 5.74) is 5.40. The van der Waals surface area contributed by atoms with Crippen LogP contribution in [0.15, 0.2) is 158 Å². The van der Waals surface area contributed by atoms with Crippen molar-refractivity contribution >= 4 is 19.8 Å². The van der Waals surface area contributed by atoms with Crippen LogP contribution in [0, 0.1) is 0 Å². The number of esters is 2. The molecule has 9 nitrogen and oxygen atoms in total. The molecule has 0 amide bonds. The van der Waals surface area contributed by atoms with Crippen LogP contribution in [0.5, 0.6) is 0 Å². The average Bonchev–Trinajstić information content (AvgIpc) is 3.64. The third kappa shape index (κ3) is 70.6. The van der Waals surface area contributed by atoms with Crippen LogP contribution in [0.4, 0.5) is 0 Å². The molecule has 0 rings (SSSR count). The first kappa shape index (κ1) is 82.6. The molecule has 2 atom stereocenters. The van der Waals surface area contributed by atoms with E-state index in [1.54, 1.807) is 0 Å². The fraction of sp³-hybridized carbons (Fsp3) is 0.636. The quantitative estimate of drug-likeness (QED) is 0.0264. The van der Waals surface area contributed by atoms with E-state index < -0.39 is 32.5 Å². The Hall–Kier alpha value is -4.37. The van der Waals surface area contributed by atoms with Gasteiger partial charge in [0, 0.05) is 19.4 Å². The van der Waals surface area contributed by atoms with Crippen LogP contribution in [-0.4, -0.2) is 49.3 Å². The monoisotopic (exact) mass is 1230 g/mol. The van der Waals surface area contributed by atoms with Gasteiger partial charge in [-0.15, -0.1) is 0 Å². The van der Waals surface area contributed by atoms with Crippen LogP contribution in [-0.2, 0) is 32.7 Å². The van der Waals surface area contributed by atoms with Gasteiger partial charge in [0.2, 0.25) is 0 Å². The smallest absolute Gasteiger partial charge is 0.462 e. The first-order chi connectivity index (χ1) is 42.8. The second kappa shape index (κ2) is 70.7. The summed E-state index contributed by atoms with van der Waals surface area (Å²) in [6.45, 7) is 3.57. The van der Waals surface area contributed by atoms with E-state index in [1.807, 2.05) is 0 Å². The number of carbonyl (C=O) groups is 2. The van der Waals surface area contributed by atoms with E-state index in [0.29, 0.717) is 6.42 Å². The summed E-state index contributed by atoms with van der Waals surface area (Å²) in [4.78, 5) is 35.3. The number of rotatable bonds is 64. The van der Waals surface area contributed by atoms with Crippen LogP contribution >= 0.6 is 7.82 Å². The number of allylic oxidation sites excluding steroid dienone is 26. The van der Waals surface area contributed by atoms with E-state index in [1.165, 1.54) is 141 Å². The maximum Gasteiger partial charge on any atom is 0.472 e. The van der Waals surface area contributed by atoms with Gasteiger partial charge in [0.15, 0.2) is 6.10 Å². The van der Waals surface area contributed by atoms with Gasteiger partial charge in [-0.1, -0.05) is 300 Å². The SMILES string of the molecule is CC/C=C\C/C=C\C/C=C\C/C=C\C/C=C\C/C=C\C/C=C\C/C=C\C/C=C\C/C=C\CCCCC(=O)OC(COC(=O)CCCCCCCCCCCCCCCCCCCC/C=C\C/C=C\C/C=C\CCCCCCC)COP(=O)(O)OCCN. The van der Waals surface area contributed by atoms with Gasteiger partial charge in [-0.2, -0.15) is 0 Å². The lowest BCUT2D eigenvalue weighted by Crippen LogP contribution is -2.29. The highest BCUT2D eigenvalue weighted by Gasteiger charge is 2.26. The number of unbranched alkanes of at least 4 members (excludes halogenated alkanes) is 25. The molecule has 0 fully saturated rings. The molecular weight excluding hydrogens is 1100 g/mol. The molecule has 0 spiro atoms. The minimum Gasteiger partial charge on any atom is -0.462 e. The lowest BCUT2D eigenvalue weighted by molar-refractivity contribution is -0.161. The normalized spacial score (nSPS) is 13.9. The third-order valence-electron chi connectivity index (χ3n) is 14.4. The Morgan fingerprint density at radius 1 is 0.356 bits per heavy atom. The van der Waals surface area contributed by atoms with Gasteiger partial charge >= 0.3 is 19.8 Å². The van der Waals surface area contributed by atoms with E-state index in [4.69, 9.17) is 24.3 Å².